The molecule has 0 spiro atoms. The monoisotopic (exact) mass is 333 g/mol. The van der Waals surface area contributed by atoms with Crippen LogP contribution in [0, 0.1) is 11.3 Å². The molecule has 0 saturated carbocycles. The molecule has 2 nitrogen and oxygen atoms in total. The summed E-state index contributed by atoms with van der Waals surface area (Å²) in [6.07, 6.45) is 0. The number of halogens is 2. The molecular weight excluding hydrogens is 326 g/mol. The van der Waals surface area contributed by atoms with Crippen LogP contribution in [0.4, 0.5) is 0 Å². The van der Waals surface area contributed by atoms with Gasteiger partial charge in [-0.25, -0.2) is 0 Å². The van der Waals surface area contributed by atoms with Crippen LogP contribution in [0.3, 0.4) is 0 Å². The van der Waals surface area contributed by atoms with Gasteiger partial charge in [-0.05, 0) is 23.8 Å². The van der Waals surface area contributed by atoms with Gasteiger partial charge < -0.3 is 0 Å². The average Bonchev–Trinajstić information content (AvgIpc) is 2.42. The first-order valence-corrected chi connectivity index (χ1v) is 6.74. The fourth-order valence-corrected chi connectivity index (χ4v) is 2.27. The van der Waals surface area contributed by atoms with Gasteiger partial charge in [-0.2, -0.15) is 5.26 Å². The van der Waals surface area contributed by atoms with Gasteiger partial charge in [-0.15, -0.1) is 0 Å². The molecule has 2 rings (SSSR count). The third-order valence-electron chi connectivity index (χ3n) is 2.74. The van der Waals surface area contributed by atoms with E-state index in [9.17, 15) is 10.1 Å². The maximum atomic E-state index is 12.3. The number of benzene rings is 2. The molecule has 2 aromatic carbocycles. The number of ketones is 1. The van der Waals surface area contributed by atoms with Gasteiger partial charge in [0.25, 0.3) is 0 Å². The Balaban J connectivity index is 2.38. The SMILES string of the molecule is N#CC(C(=O)c1ccc(Br)cc1)c1ccccc1Cl. The van der Waals surface area contributed by atoms with Gasteiger partial charge in [-0.1, -0.05) is 57.9 Å². The van der Waals surface area contributed by atoms with Crippen LogP contribution < -0.4 is 0 Å². The van der Waals surface area contributed by atoms with E-state index in [1.54, 1.807) is 48.5 Å². The van der Waals surface area contributed by atoms with Crippen molar-refractivity contribution in [1.29, 1.82) is 5.26 Å². The quantitative estimate of drug-likeness (QED) is 0.770. The Morgan fingerprint density at radius 2 is 1.79 bits per heavy atom. The Labute approximate surface area is 124 Å². The fourth-order valence-electron chi connectivity index (χ4n) is 1.76. The maximum absolute atomic E-state index is 12.3. The van der Waals surface area contributed by atoms with Gasteiger partial charge in [0, 0.05) is 15.1 Å². The molecule has 0 heterocycles. The van der Waals surface area contributed by atoms with E-state index in [0.29, 0.717) is 16.1 Å². The normalized spacial score (nSPS) is 11.6. The van der Waals surface area contributed by atoms with Gasteiger partial charge in [0.1, 0.15) is 5.92 Å². The van der Waals surface area contributed by atoms with Crippen molar-refractivity contribution in [3.05, 3.63) is 69.2 Å². The van der Waals surface area contributed by atoms with Gasteiger partial charge >= 0.3 is 0 Å². The molecule has 0 fully saturated rings. The summed E-state index contributed by atoms with van der Waals surface area (Å²) in [5.41, 5.74) is 1.04. The number of carbonyl (C=O) groups is 1. The van der Waals surface area contributed by atoms with Crippen molar-refractivity contribution < 1.29 is 4.79 Å². The number of nitriles is 1. The molecule has 94 valence electrons. The highest BCUT2D eigenvalue weighted by Gasteiger charge is 2.23. The number of nitrogens with zero attached hydrogens (tertiary/aromatic N) is 1. The first-order chi connectivity index (χ1) is 9.13. The third kappa shape index (κ3) is 3.04. The van der Waals surface area contributed by atoms with E-state index >= 15 is 0 Å². The first kappa shape index (κ1) is 13.8. The van der Waals surface area contributed by atoms with Crippen molar-refractivity contribution in [2.75, 3.05) is 0 Å². The molecule has 0 aromatic heterocycles. The molecular formula is C15H9BrClNO. The highest BCUT2D eigenvalue weighted by molar-refractivity contribution is 9.10. The van der Waals surface area contributed by atoms with Crippen molar-refractivity contribution in [3.63, 3.8) is 0 Å². The lowest BCUT2D eigenvalue weighted by Gasteiger charge is -2.10. The smallest absolute Gasteiger partial charge is 0.184 e. The van der Waals surface area contributed by atoms with Gasteiger partial charge in [0.2, 0.25) is 0 Å². The lowest BCUT2D eigenvalue weighted by atomic mass is 9.92. The Morgan fingerprint density at radius 3 is 2.37 bits per heavy atom. The lowest BCUT2D eigenvalue weighted by Crippen LogP contribution is -2.11. The first-order valence-electron chi connectivity index (χ1n) is 5.57. The predicted octanol–water partition coefficient (Wildman–Crippen LogP) is 4.59. The van der Waals surface area contributed by atoms with Gasteiger partial charge in [0.15, 0.2) is 5.78 Å². The van der Waals surface area contributed by atoms with E-state index < -0.39 is 5.92 Å². The summed E-state index contributed by atoms with van der Waals surface area (Å²) in [5.74, 6) is -1.13. The topological polar surface area (TPSA) is 40.9 Å². The standard InChI is InChI=1S/C15H9BrClNO/c16-11-7-5-10(6-8-11)15(19)13(9-18)12-3-1-2-4-14(12)17/h1-8,13H. The molecule has 0 saturated heterocycles. The van der Waals surface area contributed by atoms with Gasteiger partial charge in [0.05, 0.1) is 6.07 Å². The number of carbonyl (C=O) groups excluding carboxylic acids is 1. The average molecular weight is 335 g/mol. The summed E-state index contributed by atoms with van der Waals surface area (Å²) in [7, 11) is 0. The van der Waals surface area contributed by atoms with Crippen LogP contribution in [0.5, 0.6) is 0 Å². The van der Waals surface area contributed by atoms with Crippen LogP contribution in [-0.4, -0.2) is 5.78 Å². The van der Waals surface area contributed by atoms with Crippen LogP contribution in [0.1, 0.15) is 21.8 Å². The molecule has 0 amide bonds. The molecule has 0 N–H and O–H groups in total. The third-order valence-corrected chi connectivity index (χ3v) is 3.61. The largest absolute Gasteiger partial charge is 0.292 e. The summed E-state index contributed by atoms with van der Waals surface area (Å²) in [5, 5.41) is 9.68. The highest BCUT2D eigenvalue weighted by Crippen LogP contribution is 2.27. The number of Topliss-reactive ketones (excluding diaryl/α,β-unsaturated/α-hetero) is 1. The summed E-state index contributed by atoms with van der Waals surface area (Å²) >= 11 is 9.35. The number of hydrogen-bond acceptors (Lipinski definition) is 2. The minimum atomic E-state index is -0.880. The van der Waals surface area contributed by atoms with Crippen molar-refractivity contribution in [2.45, 2.75) is 5.92 Å². The predicted molar refractivity (Wildman–Crippen MR) is 78.3 cm³/mol. The molecule has 1 atom stereocenters. The zero-order valence-corrected chi connectivity index (χ0v) is 12.1. The second-order valence-corrected chi connectivity index (χ2v) is 5.28. The van der Waals surface area contributed by atoms with E-state index in [1.807, 2.05) is 6.07 Å². The number of hydrogen-bond donors (Lipinski definition) is 0. The lowest BCUT2D eigenvalue weighted by molar-refractivity contribution is 0.0979. The molecule has 0 bridgehead atoms. The van der Waals surface area contributed by atoms with E-state index in [2.05, 4.69) is 15.9 Å². The summed E-state index contributed by atoms with van der Waals surface area (Å²) in [6.45, 7) is 0. The van der Waals surface area contributed by atoms with Crippen LogP contribution >= 0.6 is 27.5 Å². The van der Waals surface area contributed by atoms with Crippen LogP contribution in [0.2, 0.25) is 5.02 Å². The van der Waals surface area contributed by atoms with Crippen molar-refractivity contribution in [1.82, 2.24) is 0 Å². The maximum Gasteiger partial charge on any atom is 0.184 e. The second kappa shape index (κ2) is 6.01. The molecule has 0 radical (unpaired) electrons. The minimum Gasteiger partial charge on any atom is -0.292 e. The van der Waals surface area contributed by atoms with Crippen molar-refractivity contribution in [3.8, 4) is 6.07 Å². The van der Waals surface area contributed by atoms with Crippen LogP contribution in [0.25, 0.3) is 0 Å². The fraction of sp³-hybridized carbons (Fsp3) is 0.0667. The summed E-state index contributed by atoms with van der Waals surface area (Å²) < 4.78 is 0.885. The minimum absolute atomic E-state index is 0.247. The highest BCUT2D eigenvalue weighted by atomic mass is 79.9. The molecule has 0 aliphatic rings. The number of rotatable bonds is 3. The van der Waals surface area contributed by atoms with E-state index in [-0.39, 0.29) is 5.78 Å². The Bertz CT molecular complexity index is 646. The van der Waals surface area contributed by atoms with E-state index in [1.165, 1.54) is 0 Å². The second-order valence-electron chi connectivity index (χ2n) is 3.95. The molecule has 0 aliphatic carbocycles. The Kier molecular flexibility index (Phi) is 4.36. The van der Waals surface area contributed by atoms with Crippen LogP contribution in [-0.2, 0) is 0 Å². The molecule has 4 heteroatoms. The van der Waals surface area contributed by atoms with E-state index in [0.717, 1.165) is 4.47 Å². The van der Waals surface area contributed by atoms with Crippen molar-refractivity contribution in [2.24, 2.45) is 0 Å². The summed E-state index contributed by atoms with van der Waals surface area (Å²) in [6, 6.07) is 15.9. The Hall–Kier alpha value is -1.63. The van der Waals surface area contributed by atoms with Crippen molar-refractivity contribution >= 4 is 33.3 Å². The van der Waals surface area contributed by atoms with Gasteiger partial charge in [-0.3, -0.25) is 4.79 Å². The zero-order chi connectivity index (χ0) is 13.8. The summed E-state index contributed by atoms with van der Waals surface area (Å²) in [4.78, 5) is 12.3. The molecule has 0 aliphatic heterocycles. The molecule has 1 unspecified atom stereocenters. The Morgan fingerprint density at radius 1 is 1.16 bits per heavy atom. The molecule has 19 heavy (non-hydrogen) atoms. The molecule has 2 aromatic rings. The zero-order valence-electron chi connectivity index (χ0n) is 9.81. The van der Waals surface area contributed by atoms with E-state index in [4.69, 9.17) is 11.6 Å². The van der Waals surface area contributed by atoms with Crippen LogP contribution in [0.15, 0.2) is 53.0 Å².